The predicted octanol–water partition coefficient (Wildman–Crippen LogP) is 4.15. The molecule has 2 N–H and O–H groups in total. The molecule has 0 unspecified atom stereocenters. The summed E-state index contributed by atoms with van der Waals surface area (Å²) in [6.45, 7) is 1.80. The molecule has 0 aliphatic heterocycles. The monoisotopic (exact) mass is 412 g/mol. The average molecular weight is 413 g/mol. The van der Waals surface area contributed by atoms with E-state index >= 15 is 0 Å². The van der Waals surface area contributed by atoms with Crippen LogP contribution in [0.15, 0.2) is 64.2 Å². The molecule has 6 heteroatoms. The molecular formula is C20H17BrN2O3. The minimum Gasteiger partial charge on any atom is -0.507 e. The van der Waals surface area contributed by atoms with Gasteiger partial charge in [0.25, 0.3) is 5.91 Å². The highest BCUT2D eigenvalue weighted by Crippen LogP contribution is 2.26. The van der Waals surface area contributed by atoms with Gasteiger partial charge in [0.05, 0.1) is 10.7 Å². The maximum absolute atomic E-state index is 11.9. The number of phenolic OH excluding ortho intramolecular Hbond substituents is 1. The van der Waals surface area contributed by atoms with E-state index in [4.69, 9.17) is 4.74 Å². The number of hydrazone groups is 1. The average Bonchev–Trinajstić information content (AvgIpc) is 2.63. The number of aromatic hydroxyl groups is 1. The van der Waals surface area contributed by atoms with Crippen LogP contribution >= 0.6 is 15.9 Å². The molecule has 0 saturated heterocycles. The first-order valence-electron chi connectivity index (χ1n) is 7.96. The third kappa shape index (κ3) is 4.21. The van der Waals surface area contributed by atoms with E-state index < -0.39 is 5.91 Å². The van der Waals surface area contributed by atoms with Crippen LogP contribution in [0.25, 0.3) is 10.8 Å². The van der Waals surface area contributed by atoms with Crippen molar-refractivity contribution >= 4 is 38.8 Å². The van der Waals surface area contributed by atoms with Crippen LogP contribution in [0.4, 0.5) is 0 Å². The highest BCUT2D eigenvalue weighted by atomic mass is 79.9. The molecular weight excluding hydrogens is 396 g/mol. The second-order valence-corrected chi connectivity index (χ2v) is 6.59. The number of amides is 1. The third-order valence-electron chi connectivity index (χ3n) is 3.78. The number of fused-ring (bicyclic) bond motifs is 1. The summed E-state index contributed by atoms with van der Waals surface area (Å²) in [5.41, 5.74) is 4.04. The van der Waals surface area contributed by atoms with Gasteiger partial charge < -0.3 is 9.84 Å². The molecule has 3 rings (SSSR count). The second-order valence-electron chi connectivity index (χ2n) is 5.74. The highest BCUT2D eigenvalue weighted by molar-refractivity contribution is 9.10. The fraction of sp³-hybridized carbons (Fsp3) is 0.100. The molecule has 3 aromatic rings. The van der Waals surface area contributed by atoms with Crippen LogP contribution in [0.3, 0.4) is 0 Å². The molecule has 0 spiro atoms. The van der Waals surface area contributed by atoms with Gasteiger partial charge in [-0.1, -0.05) is 36.4 Å². The van der Waals surface area contributed by atoms with Gasteiger partial charge in [-0.2, -0.15) is 5.10 Å². The van der Waals surface area contributed by atoms with Crippen LogP contribution in [0.5, 0.6) is 11.5 Å². The summed E-state index contributed by atoms with van der Waals surface area (Å²) in [7, 11) is 0. The van der Waals surface area contributed by atoms with Crippen molar-refractivity contribution in [2.24, 2.45) is 5.10 Å². The Bertz CT molecular complexity index is 986. The van der Waals surface area contributed by atoms with Crippen molar-refractivity contribution in [2.75, 3.05) is 6.61 Å². The molecule has 1 amide bonds. The lowest BCUT2D eigenvalue weighted by atomic mass is 10.0. The van der Waals surface area contributed by atoms with Gasteiger partial charge in [-0.25, -0.2) is 5.43 Å². The van der Waals surface area contributed by atoms with E-state index in [0.717, 1.165) is 20.8 Å². The Labute approximate surface area is 159 Å². The van der Waals surface area contributed by atoms with Gasteiger partial charge in [0.2, 0.25) is 0 Å². The number of rotatable bonds is 5. The first kappa shape index (κ1) is 17.9. The van der Waals surface area contributed by atoms with E-state index in [2.05, 4.69) is 26.5 Å². The smallest absolute Gasteiger partial charge is 0.277 e. The largest absolute Gasteiger partial charge is 0.507 e. The van der Waals surface area contributed by atoms with Crippen LogP contribution < -0.4 is 10.2 Å². The molecule has 0 aliphatic carbocycles. The molecule has 0 saturated carbocycles. The second kappa shape index (κ2) is 8.01. The molecule has 0 aliphatic rings. The standard InChI is InChI=1S/C20H17BrN2O3/c1-13-6-9-19(17(21)10-13)26-12-20(25)23-22-11-16-15-5-3-2-4-14(15)7-8-18(16)24/h2-11,24H,12H2,1H3,(H,23,25)/b22-11+. The van der Waals surface area contributed by atoms with Crippen molar-refractivity contribution in [3.8, 4) is 11.5 Å². The Balaban J connectivity index is 1.64. The normalized spacial score (nSPS) is 11.0. The van der Waals surface area contributed by atoms with Crippen LogP contribution in [0.2, 0.25) is 0 Å². The number of hydrogen-bond acceptors (Lipinski definition) is 4. The molecule has 5 nitrogen and oxygen atoms in total. The molecule has 0 heterocycles. The van der Waals surface area contributed by atoms with Gasteiger partial charge in [0.1, 0.15) is 11.5 Å². The Morgan fingerprint density at radius 3 is 2.85 bits per heavy atom. The highest BCUT2D eigenvalue weighted by Gasteiger charge is 2.07. The van der Waals surface area contributed by atoms with Crippen molar-refractivity contribution in [1.29, 1.82) is 0 Å². The number of carbonyl (C=O) groups excluding carboxylic acids is 1. The van der Waals surface area contributed by atoms with Gasteiger partial charge in [-0.05, 0) is 57.4 Å². The van der Waals surface area contributed by atoms with Crippen LogP contribution in [0.1, 0.15) is 11.1 Å². The van der Waals surface area contributed by atoms with E-state index in [1.54, 1.807) is 12.1 Å². The number of aryl methyl sites for hydroxylation is 1. The first-order valence-corrected chi connectivity index (χ1v) is 8.75. The number of nitrogens with one attached hydrogen (secondary N) is 1. The number of halogens is 1. The third-order valence-corrected chi connectivity index (χ3v) is 4.40. The summed E-state index contributed by atoms with van der Waals surface area (Å²) in [5, 5.41) is 15.8. The Kier molecular flexibility index (Phi) is 5.53. The van der Waals surface area contributed by atoms with Gasteiger partial charge in [-0.15, -0.1) is 0 Å². The Morgan fingerprint density at radius 2 is 2.04 bits per heavy atom. The number of phenols is 1. The molecule has 0 radical (unpaired) electrons. The zero-order valence-corrected chi connectivity index (χ0v) is 15.7. The number of benzene rings is 3. The minimum absolute atomic E-state index is 0.0986. The minimum atomic E-state index is -0.395. The fourth-order valence-electron chi connectivity index (χ4n) is 2.49. The SMILES string of the molecule is Cc1ccc(OCC(=O)N/N=C/c2c(O)ccc3ccccc23)c(Br)c1. The Morgan fingerprint density at radius 1 is 1.23 bits per heavy atom. The summed E-state index contributed by atoms with van der Waals surface area (Å²) < 4.78 is 6.25. The van der Waals surface area contributed by atoms with E-state index in [0.29, 0.717) is 11.3 Å². The van der Waals surface area contributed by atoms with E-state index in [1.165, 1.54) is 6.21 Å². The summed E-state index contributed by atoms with van der Waals surface area (Å²) in [6, 6.07) is 16.7. The molecule has 0 fully saturated rings. The summed E-state index contributed by atoms with van der Waals surface area (Å²) in [4.78, 5) is 11.9. The van der Waals surface area contributed by atoms with Crippen LogP contribution in [-0.2, 0) is 4.79 Å². The number of carbonyl (C=O) groups is 1. The van der Waals surface area contributed by atoms with E-state index in [-0.39, 0.29) is 12.4 Å². The van der Waals surface area contributed by atoms with Crippen molar-refractivity contribution < 1.29 is 14.6 Å². The van der Waals surface area contributed by atoms with Crippen molar-refractivity contribution in [1.82, 2.24) is 5.43 Å². The molecule has 0 bridgehead atoms. The molecule has 3 aromatic carbocycles. The molecule has 132 valence electrons. The first-order chi connectivity index (χ1) is 12.5. The Hall–Kier alpha value is -2.86. The number of hydrogen-bond donors (Lipinski definition) is 2. The van der Waals surface area contributed by atoms with Crippen molar-refractivity contribution in [3.05, 3.63) is 70.2 Å². The van der Waals surface area contributed by atoms with Crippen molar-refractivity contribution in [3.63, 3.8) is 0 Å². The maximum atomic E-state index is 11.9. The molecule has 0 atom stereocenters. The molecule has 0 aromatic heterocycles. The summed E-state index contributed by atoms with van der Waals surface area (Å²) >= 11 is 3.40. The van der Waals surface area contributed by atoms with E-state index in [1.807, 2.05) is 49.4 Å². The number of nitrogens with zero attached hydrogens (tertiary/aromatic N) is 1. The lowest BCUT2D eigenvalue weighted by molar-refractivity contribution is -0.123. The maximum Gasteiger partial charge on any atom is 0.277 e. The van der Waals surface area contributed by atoms with Gasteiger partial charge >= 0.3 is 0 Å². The van der Waals surface area contributed by atoms with Gasteiger partial charge in [0, 0.05) is 5.56 Å². The van der Waals surface area contributed by atoms with Crippen LogP contribution in [0, 0.1) is 6.92 Å². The lowest BCUT2D eigenvalue weighted by Gasteiger charge is -2.08. The predicted molar refractivity (Wildman–Crippen MR) is 106 cm³/mol. The summed E-state index contributed by atoms with van der Waals surface area (Å²) in [6.07, 6.45) is 1.43. The topological polar surface area (TPSA) is 70.9 Å². The number of ether oxygens (including phenoxy) is 1. The van der Waals surface area contributed by atoms with Crippen LogP contribution in [-0.4, -0.2) is 23.8 Å². The van der Waals surface area contributed by atoms with E-state index in [9.17, 15) is 9.90 Å². The van der Waals surface area contributed by atoms with Gasteiger partial charge in [-0.3, -0.25) is 4.79 Å². The van der Waals surface area contributed by atoms with Gasteiger partial charge in [0.15, 0.2) is 6.61 Å². The van der Waals surface area contributed by atoms with Crippen molar-refractivity contribution in [2.45, 2.75) is 6.92 Å². The quantitative estimate of drug-likeness (QED) is 0.488. The zero-order valence-electron chi connectivity index (χ0n) is 14.1. The molecule has 26 heavy (non-hydrogen) atoms. The fourth-order valence-corrected chi connectivity index (χ4v) is 3.09. The summed E-state index contributed by atoms with van der Waals surface area (Å²) in [5.74, 6) is 0.288. The lowest BCUT2D eigenvalue weighted by Crippen LogP contribution is -2.24. The zero-order chi connectivity index (χ0) is 18.5.